The zero-order chi connectivity index (χ0) is 24.1. The molecule has 8 heteroatoms. The van der Waals surface area contributed by atoms with Gasteiger partial charge in [0.1, 0.15) is 5.75 Å². The number of carbonyl (C=O) groups is 3. The van der Waals surface area contributed by atoms with Gasteiger partial charge in [0.15, 0.2) is 6.61 Å². The summed E-state index contributed by atoms with van der Waals surface area (Å²) in [6, 6.07) is 22.0. The van der Waals surface area contributed by atoms with Crippen molar-refractivity contribution < 1.29 is 19.1 Å². The number of aryl methyl sites for hydroxylation is 1. The minimum atomic E-state index is -0.317. The second-order valence-electron chi connectivity index (χ2n) is 7.62. The zero-order valence-corrected chi connectivity index (χ0v) is 20.7. The fourth-order valence-corrected chi connectivity index (χ4v) is 4.60. The number of ether oxygens (including phenoxy) is 1. The number of halogens is 1. The van der Waals surface area contributed by atoms with E-state index in [1.54, 1.807) is 30.3 Å². The molecule has 3 amide bonds. The molecular weight excluding hydrogens is 516 g/mol. The number of nitrogens with zero attached hydrogens (tertiary/aromatic N) is 1. The smallest absolute Gasteiger partial charge is 0.293 e. The van der Waals surface area contributed by atoms with E-state index in [0.29, 0.717) is 10.7 Å². The number of hydrogen-bond acceptors (Lipinski definition) is 5. The molecule has 0 bridgehead atoms. The molecule has 0 aromatic heterocycles. The predicted molar refractivity (Wildman–Crippen MR) is 137 cm³/mol. The topological polar surface area (TPSA) is 75.7 Å². The molecule has 0 atom stereocenters. The normalized spacial score (nSPS) is 14.5. The van der Waals surface area contributed by atoms with Crippen LogP contribution in [0.4, 0.5) is 10.5 Å². The molecule has 3 aromatic carbocycles. The van der Waals surface area contributed by atoms with Crippen molar-refractivity contribution in [1.82, 2.24) is 4.90 Å². The lowest BCUT2D eigenvalue weighted by molar-refractivity contribution is -0.123. The van der Waals surface area contributed by atoms with E-state index >= 15 is 0 Å². The monoisotopic (exact) mass is 536 g/mol. The number of hydrogen-bond donors (Lipinski definition) is 1. The number of rotatable bonds is 7. The van der Waals surface area contributed by atoms with Crippen LogP contribution >= 0.6 is 27.7 Å². The molecule has 1 fully saturated rings. The predicted octanol–water partition coefficient (Wildman–Crippen LogP) is 6.01. The summed E-state index contributed by atoms with van der Waals surface area (Å²) in [6.07, 6.45) is 1.68. The molecule has 172 valence electrons. The van der Waals surface area contributed by atoms with E-state index in [9.17, 15) is 14.4 Å². The molecule has 6 nitrogen and oxygen atoms in total. The quantitative estimate of drug-likeness (QED) is 0.374. The lowest BCUT2D eigenvalue weighted by Crippen LogP contribution is -2.27. The Morgan fingerprint density at radius 3 is 2.56 bits per heavy atom. The van der Waals surface area contributed by atoms with Crippen molar-refractivity contribution in [2.75, 3.05) is 11.9 Å². The molecule has 1 aliphatic heterocycles. The summed E-state index contributed by atoms with van der Waals surface area (Å²) < 4.78 is 6.46. The molecule has 1 aliphatic rings. The molecule has 34 heavy (non-hydrogen) atoms. The van der Waals surface area contributed by atoms with Crippen LogP contribution in [0.15, 0.2) is 82.2 Å². The summed E-state index contributed by atoms with van der Waals surface area (Å²) in [4.78, 5) is 38.9. The molecular formula is C26H21BrN2O4S. The Morgan fingerprint density at radius 2 is 1.82 bits per heavy atom. The Bertz CT molecular complexity index is 1270. The number of anilines is 1. The van der Waals surface area contributed by atoms with E-state index < -0.39 is 0 Å². The van der Waals surface area contributed by atoms with Gasteiger partial charge in [0, 0.05) is 10.2 Å². The molecule has 4 rings (SSSR count). The van der Waals surface area contributed by atoms with Gasteiger partial charge in [0.25, 0.3) is 17.1 Å². The highest BCUT2D eigenvalue weighted by Crippen LogP contribution is 2.33. The highest BCUT2D eigenvalue weighted by molar-refractivity contribution is 9.10. The maximum atomic E-state index is 12.8. The molecule has 0 spiro atoms. The van der Waals surface area contributed by atoms with Crippen LogP contribution in [0, 0.1) is 6.92 Å². The number of para-hydroxylation sites is 1. The molecule has 0 saturated carbocycles. The van der Waals surface area contributed by atoms with E-state index in [1.165, 1.54) is 4.90 Å². The van der Waals surface area contributed by atoms with Crippen molar-refractivity contribution in [2.45, 2.75) is 13.5 Å². The first-order valence-corrected chi connectivity index (χ1v) is 12.1. The van der Waals surface area contributed by atoms with Gasteiger partial charge >= 0.3 is 0 Å². The lowest BCUT2D eigenvalue weighted by atomic mass is 10.2. The molecule has 1 saturated heterocycles. The number of benzene rings is 3. The van der Waals surface area contributed by atoms with Crippen LogP contribution in [0.3, 0.4) is 0 Å². The number of carbonyl (C=O) groups excluding carboxylic acids is 3. The summed E-state index contributed by atoms with van der Waals surface area (Å²) in [5, 5.41) is 2.53. The van der Waals surface area contributed by atoms with Gasteiger partial charge in [-0.05, 0) is 71.8 Å². The van der Waals surface area contributed by atoms with Crippen molar-refractivity contribution in [3.8, 4) is 5.75 Å². The Morgan fingerprint density at radius 1 is 1.06 bits per heavy atom. The van der Waals surface area contributed by atoms with E-state index in [4.69, 9.17) is 4.74 Å². The van der Waals surface area contributed by atoms with Gasteiger partial charge in [-0.15, -0.1) is 0 Å². The summed E-state index contributed by atoms with van der Waals surface area (Å²) in [5.41, 5.74) is 3.34. The second-order valence-corrected chi connectivity index (χ2v) is 9.53. The highest BCUT2D eigenvalue weighted by Gasteiger charge is 2.34. The molecule has 3 aromatic rings. The first kappa shape index (κ1) is 23.8. The van der Waals surface area contributed by atoms with Crippen LogP contribution in [-0.2, 0) is 16.1 Å². The SMILES string of the molecule is Cc1ccccc1NC(=O)COc1ccc(/C=C2\SC(=O)N(Cc3cccc(Br)c3)C2=O)cc1. The molecule has 0 radical (unpaired) electrons. The minimum Gasteiger partial charge on any atom is -0.484 e. The van der Waals surface area contributed by atoms with Crippen LogP contribution in [-0.4, -0.2) is 28.6 Å². The summed E-state index contributed by atoms with van der Waals surface area (Å²) >= 11 is 4.33. The lowest BCUT2D eigenvalue weighted by Gasteiger charge is -2.12. The largest absolute Gasteiger partial charge is 0.484 e. The molecule has 0 aliphatic carbocycles. The van der Waals surface area contributed by atoms with Crippen LogP contribution in [0.25, 0.3) is 6.08 Å². The van der Waals surface area contributed by atoms with Gasteiger partial charge < -0.3 is 10.1 Å². The van der Waals surface area contributed by atoms with Crippen molar-refractivity contribution in [1.29, 1.82) is 0 Å². The fraction of sp³-hybridized carbons (Fsp3) is 0.115. The van der Waals surface area contributed by atoms with Crippen LogP contribution in [0.1, 0.15) is 16.7 Å². The number of imide groups is 1. The fourth-order valence-electron chi connectivity index (χ4n) is 3.31. The third kappa shape index (κ3) is 5.95. The summed E-state index contributed by atoms with van der Waals surface area (Å²) in [6.45, 7) is 2.02. The molecule has 1 N–H and O–H groups in total. The summed E-state index contributed by atoms with van der Waals surface area (Å²) in [5.74, 6) is -0.0412. The Balaban J connectivity index is 1.35. The van der Waals surface area contributed by atoms with Crippen LogP contribution < -0.4 is 10.1 Å². The van der Waals surface area contributed by atoms with Gasteiger partial charge in [0.2, 0.25) is 0 Å². The minimum absolute atomic E-state index is 0.123. The number of thioether (sulfide) groups is 1. The standard InChI is InChI=1S/C26H21BrN2O4S/c1-17-5-2-3-8-22(17)28-24(30)16-33-21-11-9-18(10-12-21)14-23-25(31)29(26(32)34-23)15-19-6-4-7-20(27)13-19/h2-14H,15-16H2,1H3,(H,28,30)/b23-14-. The van der Waals surface area contributed by atoms with Crippen LogP contribution in [0.2, 0.25) is 0 Å². The number of amides is 3. The number of nitrogens with one attached hydrogen (secondary N) is 1. The van der Waals surface area contributed by atoms with Crippen LogP contribution in [0.5, 0.6) is 5.75 Å². The molecule has 0 unspecified atom stereocenters. The average Bonchev–Trinajstić information content (AvgIpc) is 3.07. The maximum Gasteiger partial charge on any atom is 0.293 e. The Hall–Kier alpha value is -3.36. The molecule has 1 heterocycles. The van der Waals surface area contributed by atoms with Crippen molar-refractivity contribution in [2.24, 2.45) is 0 Å². The van der Waals surface area contributed by atoms with E-state index in [-0.39, 0.29) is 30.2 Å². The van der Waals surface area contributed by atoms with Gasteiger partial charge in [-0.25, -0.2) is 0 Å². The Kier molecular flexibility index (Phi) is 7.49. The Labute approximate surface area is 210 Å². The maximum absolute atomic E-state index is 12.8. The first-order valence-electron chi connectivity index (χ1n) is 10.5. The second kappa shape index (κ2) is 10.7. The zero-order valence-electron chi connectivity index (χ0n) is 18.3. The third-order valence-electron chi connectivity index (χ3n) is 5.07. The third-order valence-corrected chi connectivity index (χ3v) is 6.47. The van der Waals surface area contributed by atoms with E-state index in [1.807, 2.05) is 55.5 Å². The highest BCUT2D eigenvalue weighted by atomic mass is 79.9. The average molecular weight is 537 g/mol. The van der Waals surface area contributed by atoms with Gasteiger partial charge in [0.05, 0.1) is 11.4 Å². The van der Waals surface area contributed by atoms with Crippen molar-refractivity contribution in [3.63, 3.8) is 0 Å². The van der Waals surface area contributed by atoms with E-state index in [0.717, 1.165) is 38.6 Å². The summed E-state index contributed by atoms with van der Waals surface area (Å²) in [7, 11) is 0. The first-order chi connectivity index (χ1) is 16.4. The van der Waals surface area contributed by atoms with Crippen molar-refractivity contribution in [3.05, 3.63) is 98.9 Å². The van der Waals surface area contributed by atoms with Gasteiger partial charge in [-0.3, -0.25) is 19.3 Å². The van der Waals surface area contributed by atoms with Crippen molar-refractivity contribution >= 4 is 56.5 Å². The van der Waals surface area contributed by atoms with Gasteiger partial charge in [-0.1, -0.05) is 58.4 Å². The van der Waals surface area contributed by atoms with Gasteiger partial charge in [-0.2, -0.15) is 0 Å². The van der Waals surface area contributed by atoms with E-state index in [2.05, 4.69) is 21.2 Å².